The average molecular weight is 446 g/mol. The summed E-state index contributed by atoms with van der Waals surface area (Å²) < 4.78 is 30.7. The molecule has 0 aliphatic carbocycles. The molecule has 0 aliphatic rings. The van der Waals surface area contributed by atoms with Crippen molar-refractivity contribution in [2.75, 3.05) is 0 Å². The molecule has 1 amide bonds. The van der Waals surface area contributed by atoms with Crippen molar-refractivity contribution < 1.29 is 18.3 Å². The second-order valence-corrected chi connectivity index (χ2v) is 7.60. The number of alkyl halides is 2. The quantitative estimate of drug-likeness (QED) is 0.579. The maximum absolute atomic E-state index is 13.2. The summed E-state index contributed by atoms with van der Waals surface area (Å²) in [5.41, 5.74) is -0.00339. The minimum atomic E-state index is -2.96. The number of carbonyl (C=O) groups is 1. The third-order valence-electron chi connectivity index (χ3n) is 5.05. The maximum atomic E-state index is 13.2. The molecular weight excluding hydrogens is 422 g/mol. The Hall–Kier alpha value is -3.56. The number of benzene rings is 1. The van der Waals surface area contributed by atoms with Gasteiger partial charge >= 0.3 is 12.3 Å². The number of aromatic amines is 1. The monoisotopic (exact) mass is 446 g/mol. The van der Waals surface area contributed by atoms with E-state index in [1.54, 1.807) is 26.0 Å². The van der Waals surface area contributed by atoms with Crippen molar-refractivity contribution in [3.63, 3.8) is 0 Å². The largest absolute Gasteiger partial charge is 0.435 e. The fraction of sp³-hybridized carbons (Fsp3) is 0.364. The van der Waals surface area contributed by atoms with Crippen molar-refractivity contribution in [1.29, 1.82) is 0 Å². The van der Waals surface area contributed by atoms with Crippen LogP contribution in [0.5, 0.6) is 5.75 Å². The number of carbonyl (C=O) groups excluding carboxylic acids is 1. The molecule has 0 saturated heterocycles. The lowest BCUT2D eigenvalue weighted by atomic mass is 10.0. The smallest absolute Gasteiger partial charge is 0.387 e. The Bertz CT molecular complexity index is 1270. The minimum absolute atomic E-state index is 0.00957. The number of hydrogen-bond donors (Lipinski definition) is 2. The third kappa shape index (κ3) is 4.68. The Morgan fingerprint density at radius 2 is 1.94 bits per heavy atom. The molecular formula is C22H24F2N4O4. The summed E-state index contributed by atoms with van der Waals surface area (Å²) in [6.07, 6.45) is 0. The van der Waals surface area contributed by atoms with Gasteiger partial charge in [0.25, 0.3) is 11.5 Å². The van der Waals surface area contributed by atoms with Crippen LogP contribution in [-0.2, 0) is 6.54 Å². The van der Waals surface area contributed by atoms with E-state index in [1.165, 1.54) is 22.8 Å². The van der Waals surface area contributed by atoms with Gasteiger partial charge < -0.3 is 10.1 Å². The van der Waals surface area contributed by atoms with Crippen LogP contribution in [-0.4, -0.2) is 27.1 Å². The lowest BCUT2D eigenvalue weighted by Crippen LogP contribution is -2.34. The van der Waals surface area contributed by atoms with Crippen molar-refractivity contribution in [2.45, 2.75) is 52.8 Å². The highest BCUT2D eigenvalue weighted by atomic mass is 19.3. The molecule has 3 rings (SSSR count). The van der Waals surface area contributed by atoms with E-state index in [9.17, 15) is 23.2 Å². The highest BCUT2D eigenvalue weighted by molar-refractivity contribution is 6.05. The van der Waals surface area contributed by atoms with Crippen molar-refractivity contribution in [3.05, 3.63) is 68.0 Å². The van der Waals surface area contributed by atoms with Crippen LogP contribution in [0.15, 0.2) is 39.9 Å². The first-order chi connectivity index (χ1) is 15.1. The predicted octanol–water partition coefficient (Wildman–Crippen LogP) is 3.32. The molecule has 1 atom stereocenters. The molecule has 2 N–H and O–H groups in total. The molecule has 0 fully saturated rings. The number of ether oxygens (including phenoxy) is 1. The van der Waals surface area contributed by atoms with Crippen LogP contribution >= 0.6 is 0 Å². The Kier molecular flexibility index (Phi) is 6.71. The van der Waals surface area contributed by atoms with Crippen LogP contribution in [0.1, 0.15) is 61.3 Å². The van der Waals surface area contributed by atoms with Crippen LogP contribution in [0, 0.1) is 0 Å². The normalized spacial score (nSPS) is 12.4. The molecule has 0 radical (unpaired) electrons. The van der Waals surface area contributed by atoms with Gasteiger partial charge in [-0.25, -0.2) is 9.78 Å². The van der Waals surface area contributed by atoms with Gasteiger partial charge in [-0.05, 0) is 43.5 Å². The molecule has 10 heteroatoms. The van der Waals surface area contributed by atoms with Crippen LogP contribution in [0.4, 0.5) is 8.78 Å². The fourth-order valence-corrected chi connectivity index (χ4v) is 3.38. The number of fused-ring (bicyclic) bond motifs is 1. The summed E-state index contributed by atoms with van der Waals surface area (Å²) in [4.78, 5) is 44.7. The van der Waals surface area contributed by atoms with Gasteiger partial charge in [-0.2, -0.15) is 8.78 Å². The molecule has 2 aromatic heterocycles. The van der Waals surface area contributed by atoms with E-state index in [0.29, 0.717) is 11.3 Å². The Morgan fingerprint density at radius 1 is 1.22 bits per heavy atom. The van der Waals surface area contributed by atoms with Crippen molar-refractivity contribution in [3.8, 4) is 5.75 Å². The second-order valence-electron chi connectivity index (χ2n) is 7.60. The molecule has 32 heavy (non-hydrogen) atoms. The molecule has 0 saturated carbocycles. The van der Waals surface area contributed by atoms with Gasteiger partial charge in [0.15, 0.2) is 5.65 Å². The number of nitrogens with one attached hydrogen (secondary N) is 2. The maximum Gasteiger partial charge on any atom is 0.387 e. The molecule has 0 spiro atoms. The number of H-pyrrole nitrogens is 1. The molecule has 170 valence electrons. The molecule has 8 nitrogen and oxygen atoms in total. The first-order valence-electron chi connectivity index (χ1n) is 10.2. The van der Waals surface area contributed by atoms with Gasteiger partial charge in [-0.1, -0.05) is 26.0 Å². The zero-order valence-corrected chi connectivity index (χ0v) is 18.1. The van der Waals surface area contributed by atoms with Gasteiger partial charge in [-0.3, -0.25) is 19.1 Å². The van der Waals surface area contributed by atoms with Gasteiger partial charge in [0.05, 0.1) is 17.0 Å². The van der Waals surface area contributed by atoms with Crippen LogP contribution < -0.4 is 21.3 Å². The molecule has 0 bridgehead atoms. The summed E-state index contributed by atoms with van der Waals surface area (Å²) in [6.45, 7) is 4.48. The van der Waals surface area contributed by atoms with Crippen LogP contribution in [0.3, 0.4) is 0 Å². The lowest BCUT2D eigenvalue weighted by molar-refractivity contribution is -0.0499. The third-order valence-corrected chi connectivity index (χ3v) is 5.05. The van der Waals surface area contributed by atoms with Gasteiger partial charge in [0, 0.05) is 12.2 Å². The zero-order chi connectivity index (χ0) is 23.6. The van der Waals surface area contributed by atoms with E-state index >= 15 is 0 Å². The number of halogens is 2. The van der Waals surface area contributed by atoms with E-state index in [0.717, 1.165) is 0 Å². The number of nitrogens with zero attached hydrogens (tertiary/aromatic N) is 2. The highest BCUT2D eigenvalue weighted by Gasteiger charge is 2.21. The summed E-state index contributed by atoms with van der Waals surface area (Å²) >= 11 is 0. The summed E-state index contributed by atoms with van der Waals surface area (Å²) in [5.74, 6) is -0.650. The van der Waals surface area contributed by atoms with Crippen LogP contribution in [0.2, 0.25) is 0 Å². The zero-order valence-electron chi connectivity index (χ0n) is 18.1. The van der Waals surface area contributed by atoms with Crippen molar-refractivity contribution in [2.24, 2.45) is 0 Å². The van der Waals surface area contributed by atoms with Gasteiger partial charge in [0.1, 0.15) is 5.75 Å². The first kappa shape index (κ1) is 23.1. The molecule has 2 heterocycles. The Balaban J connectivity index is 2.06. The lowest BCUT2D eigenvalue weighted by Gasteiger charge is -2.18. The SMILES string of the molecule is CCn1c(=O)[nH]c(=O)c2c(C(=O)NC(C)c3cccc(OC(F)F)c3)cc(C(C)C)nc21. The van der Waals surface area contributed by atoms with Crippen molar-refractivity contribution in [1.82, 2.24) is 19.9 Å². The van der Waals surface area contributed by atoms with E-state index in [4.69, 9.17) is 0 Å². The van der Waals surface area contributed by atoms with Crippen molar-refractivity contribution >= 4 is 16.9 Å². The number of aryl methyl sites for hydroxylation is 1. The minimum Gasteiger partial charge on any atom is -0.435 e. The standard InChI is InChI=1S/C22H24F2N4O4/c1-5-28-18-17(20(30)27-22(28)31)15(10-16(26-18)11(2)3)19(29)25-12(4)13-7-6-8-14(9-13)32-21(23)24/h6-12,21H,5H2,1-4H3,(H,25,29)(H,27,30,31). The number of rotatable bonds is 7. The molecule has 0 aliphatic heterocycles. The predicted molar refractivity (Wildman–Crippen MR) is 115 cm³/mol. The highest BCUT2D eigenvalue weighted by Crippen LogP contribution is 2.23. The topological polar surface area (TPSA) is 106 Å². The molecule has 3 aromatic rings. The number of pyridine rings is 1. The van der Waals surface area contributed by atoms with Crippen LogP contribution in [0.25, 0.3) is 11.0 Å². The fourth-order valence-electron chi connectivity index (χ4n) is 3.38. The summed E-state index contributed by atoms with van der Waals surface area (Å²) in [6, 6.07) is 6.95. The number of aromatic nitrogens is 3. The summed E-state index contributed by atoms with van der Waals surface area (Å²) in [7, 11) is 0. The van der Waals surface area contributed by atoms with Gasteiger partial charge in [0.2, 0.25) is 0 Å². The van der Waals surface area contributed by atoms with E-state index < -0.39 is 29.8 Å². The van der Waals surface area contributed by atoms with Gasteiger partial charge in [-0.15, -0.1) is 0 Å². The average Bonchev–Trinajstić information content (AvgIpc) is 2.72. The van der Waals surface area contributed by atoms with E-state index in [2.05, 4.69) is 20.0 Å². The number of hydrogen-bond acceptors (Lipinski definition) is 5. The second kappa shape index (κ2) is 9.29. The Morgan fingerprint density at radius 3 is 2.56 bits per heavy atom. The molecule has 1 aromatic carbocycles. The first-order valence-corrected chi connectivity index (χ1v) is 10.2. The molecule has 1 unspecified atom stereocenters. The Labute approximate surface area is 182 Å². The van der Waals surface area contributed by atoms with E-state index in [-0.39, 0.29) is 34.8 Å². The summed E-state index contributed by atoms with van der Waals surface area (Å²) in [5, 5.41) is 2.79. The number of amides is 1. The van der Waals surface area contributed by atoms with E-state index in [1.807, 2.05) is 13.8 Å².